The fourth-order valence-electron chi connectivity index (χ4n) is 2.83. The number of methoxy groups -OCH3 is 2. The number of nitrogens with one attached hydrogen (secondary N) is 1. The van der Waals surface area contributed by atoms with Gasteiger partial charge < -0.3 is 19.6 Å². The van der Waals surface area contributed by atoms with Crippen molar-refractivity contribution in [1.29, 1.82) is 0 Å². The highest BCUT2D eigenvalue weighted by molar-refractivity contribution is 14.1. The number of halogens is 4. The molecule has 3 aromatic carbocycles. The van der Waals surface area contributed by atoms with Gasteiger partial charge in [-0.3, -0.25) is 0 Å². The van der Waals surface area contributed by atoms with E-state index in [4.69, 9.17) is 37.4 Å². The Morgan fingerprint density at radius 2 is 1.66 bits per heavy atom. The Kier molecular flexibility index (Phi) is 9.57. The van der Waals surface area contributed by atoms with Gasteiger partial charge in [-0.15, -0.1) is 0 Å². The second kappa shape index (κ2) is 12.2. The summed E-state index contributed by atoms with van der Waals surface area (Å²) < 4.78 is 18.6. The number of nitrogens with zero attached hydrogens (tertiary/aromatic N) is 1. The van der Waals surface area contributed by atoms with Crippen LogP contribution in [0.3, 0.4) is 0 Å². The van der Waals surface area contributed by atoms with Crippen molar-refractivity contribution in [3.05, 3.63) is 82.4 Å². The fraction of sp³-hybridized carbons (Fsp3) is 0.174. The lowest BCUT2D eigenvalue weighted by Crippen LogP contribution is -2.06. The minimum atomic E-state index is 0.363. The minimum absolute atomic E-state index is 0.363. The van der Waals surface area contributed by atoms with E-state index in [9.17, 15) is 0 Å². The van der Waals surface area contributed by atoms with Crippen molar-refractivity contribution in [1.82, 2.24) is 5.43 Å². The fourth-order valence-corrected chi connectivity index (χ4v) is 5.42. The Labute approximate surface area is 224 Å². The predicted octanol–water partition coefficient (Wildman–Crippen LogP) is 6.92. The van der Waals surface area contributed by atoms with E-state index in [0.717, 1.165) is 29.6 Å². The van der Waals surface area contributed by atoms with Crippen LogP contribution in [-0.4, -0.2) is 20.4 Å². The molecule has 0 fully saturated rings. The molecule has 0 aliphatic carbocycles. The van der Waals surface area contributed by atoms with Crippen LogP contribution in [0.1, 0.15) is 16.7 Å². The van der Waals surface area contributed by atoms with Gasteiger partial charge in [-0.1, -0.05) is 35.3 Å². The van der Waals surface area contributed by atoms with Gasteiger partial charge in [-0.25, -0.2) is 0 Å². The van der Waals surface area contributed by atoms with E-state index in [-0.39, 0.29) is 0 Å². The molecule has 168 valence electrons. The number of rotatable bonds is 9. The van der Waals surface area contributed by atoms with Crippen molar-refractivity contribution >= 4 is 74.6 Å². The second-order valence-electron chi connectivity index (χ2n) is 6.62. The van der Waals surface area contributed by atoms with E-state index in [1.165, 1.54) is 0 Å². The topological polar surface area (TPSA) is 52.1 Å². The van der Waals surface area contributed by atoms with Crippen LogP contribution in [0.15, 0.2) is 53.6 Å². The molecular formula is C23H20Cl2I2N2O3. The molecule has 0 bridgehead atoms. The number of ether oxygens (including phenoxy) is 3. The molecule has 32 heavy (non-hydrogen) atoms. The molecule has 3 aromatic rings. The molecule has 0 amide bonds. The van der Waals surface area contributed by atoms with E-state index in [2.05, 4.69) is 55.7 Å². The summed E-state index contributed by atoms with van der Waals surface area (Å²) in [6.45, 7) is 0.927. The molecule has 5 nitrogen and oxygen atoms in total. The van der Waals surface area contributed by atoms with Gasteiger partial charge in [0.05, 0.1) is 34.1 Å². The summed E-state index contributed by atoms with van der Waals surface area (Å²) in [6.07, 6.45) is 1.78. The van der Waals surface area contributed by atoms with E-state index < -0.39 is 0 Å². The molecule has 0 aliphatic rings. The van der Waals surface area contributed by atoms with Crippen LogP contribution in [-0.2, 0) is 13.2 Å². The summed E-state index contributed by atoms with van der Waals surface area (Å²) in [7, 11) is 3.24. The van der Waals surface area contributed by atoms with E-state index in [1.807, 2.05) is 36.4 Å². The maximum absolute atomic E-state index is 6.24. The van der Waals surface area contributed by atoms with Gasteiger partial charge in [0.1, 0.15) is 12.4 Å². The first-order valence-electron chi connectivity index (χ1n) is 9.44. The van der Waals surface area contributed by atoms with Gasteiger partial charge >= 0.3 is 0 Å². The zero-order valence-corrected chi connectivity index (χ0v) is 23.1. The Bertz CT molecular complexity index is 1100. The normalized spacial score (nSPS) is 10.9. The number of hydrogen-bond donors (Lipinski definition) is 1. The lowest BCUT2D eigenvalue weighted by Gasteiger charge is -2.12. The van der Waals surface area contributed by atoms with Crippen molar-refractivity contribution < 1.29 is 14.2 Å². The lowest BCUT2D eigenvalue weighted by molar-refractivity contribution is 0.302. The Morgan fingerprint density at radius 3 is 2.31 bits per heavy atom. The standard InChI is InChI=1S/C23H20Cl2I2N2O3/c1-30-21-6-3-14(9-22(21)31-2)11-28-29-12-15-7-19(26)23(20(27)8-15)32-13-16-4-5-17(24)10-18(16)25/h3-10,12,28H,11,13H2,1-2H3/b29-12+. The Morgan fingerprint density at radius 1 is 0.938 bits per heavy atom. The van der Waals surface area contributed by atoms with Crippen molar-refractivity contribution in [2.75, 3.05) is 14.2 Å². The number of benzene rings is 3. The molecule has 0 saturated carbocycles. The second-order valence-corrected chi connectivity index (χ2v) is 9.79. The van der Waals surface area contributed by atoms with E-state index >= 15 is 0 Å². The number of hydrazone groups is 1. The van der Waals surface area contributed by atoms with Crippen molar-refractivity contribution in [3.63, 3.8) is 0 Å². The zero-order valence-electron chi connectivity index (χ0n) is 17.3. The average molecular weight is 697 g/mol. The summed E-state index contributed by atoms with van der Waals surface area (Å²) in [4.78, 5) is 0. The van der Waals surface area contributed by atoms with Crippen LogP contribution in [0.5, 0.6) is 17.2 Å². The van der Waals surface area contributed by atoms with Crippen molar-refractivity contribution in [2.45, 2.75) is 13.2 Å². The van der Waals surface area contributed by atoms with Gasteiger partial charge in [-0.05, 0) is 92.7 Å². The molecule has 0 heterocycles. The first-order valence-corrected chi connectivity index (χ1v) is 12.3. The average Bonchev–Trinajstić information content (AvgIpc) is 2.77. The van der Waals surface area contributed by atoms with E-state index in [1.54, 1.807) is 32.6 Å². The third kappa shape index (κ3) is 6.79. The zero-order chi connectivity index (χ0) is 23.1. The first kappa shape index (κ1) is 25.2. The summed E-state index contributed by atoms with van der Waals surface area (Å²) >= 11 is 16.7. The third-order valence-electron chi connectivity index (χ3n) is 4.44. The summed E-state index contributed by atoms with van der Waals surface area (Å²) in [5.41, 5.74) is 5.95. The predicted molar refractivity (Wildman–Crippen MR) is 147 cm³/mol. The monoisotopic (exact) mass is 696 g/mol. The van der Waals surface area contributed by atoms with Gasteiger partial charge in [0.2, 0.25) is 0 Å². The van der Waals surface area contributed by atoms with Crippen LogP contribution < -0.4 is 19.6 Å². The Hall–Kier alpha value is -1.43. The van der Waals surface area contributed by atoms with Crippen LogP contribution in [0.4, 0.5) is 0 Å². The maximum Gasteiger partial charge on any atom is 0.161 e. The summed E-state index contributed by atoms with van der Waals surface area (Å²) in [5.74, 6) is 2.20. The molecule has 3 rings (SSSR count). The molecule has 0 aliphatic heterocycles. The van der Waals surface area contributed by atoms with Crippen LogP contribution in [0.2, 0.25) is 10.0 Å². The maximum atomic E-state index is 6.24. The van der Waals surface area contributed by atoms with Crippen LogP contribution in [0, 0.1) is 7.14 Å². The van der Waals surface area contributed by atoms with Crippen molar-refractivity contribution in [3.8, 4) is 17.2 Å². The molecule has 1 N–H and O–H groups in total. The summed E-state index contributed by atoms with van der Waals surface area (Å²) in [5, 5.41) is 5.53. The highest BCUT2D eigenvalue weighted by Gasteiger charge is 2.10. The highest BCUT2D eigenvalue weighted by Crippen LogP contribution is 2.31. The molecule has 0 atom stereocenters. The molecule has 0 unspecified atom stereocenters. The van der Waals surface area contributed by atoms with Gasteiger partial charge in [0, 0.05) is 15.6 Å². The van der Waals surface area contributed by atoms with Crippen molar-refractivity contribution in [2.24, 2.45) is 5.10 Å². The Balaban J connectivity index is 1.61. The molecule has 0 aromatic heterocycles. The van der Waals surface area contributed by atoms with Crippen LogP contribution in [0.25, 0.3) is 0 Å². The van der Waals surface area contributed by atoms with Crippen LogP contribution >= 0.6 is 68.4 Å². The SMILES string of the molecule is COc1ccc(CN/N=C/c2cc(I)c(OCc3ccc(Cl)cc3Cl)c(I)c2)cc1OC. The highest BCUT2D eigenvalue weighted by atomic mass is 127. The third-order valence-corrected chi connectivity index (χ3v) is 6.63. The minimum Gasteiger partial charge on any atom is -0.493 e. The molecule has 0 radical (unpaired) electrons. The molecular weight excluding hydrogens is 677 g/mol. The molecule has 9 heteroatoms. The van der Waals surface area contributed by atoms with E-state index in [0.29, 0.717) is 34.7 Å². The molecule has 0 spiro atoms. The quantitative estimate of drug-likeness (QED) is 0.150. The van der Waals surface area contributed by atoms with Gasteiger partial charge in [-0.2, -0.15) is 5.10 Å². The summed E-state index contributed by atoms with van der Waals surface area (Å²) in [6, 6.07) is 15.2. The largest absolute Gasteiger partial charge is 0.493 e. The number of hydrogen-bond acceptors (Lipinski definition) is 5. The lowest BCUT2D eigenvalue weighted by atomic mass is 10.2. The first-order chi connectivity index (χ1) is 15.4. The smallest absolute Gasteiger partial charge is 0.161 e. The van der Waals surface area contributed by atoms with Gasteiger partial charge in [0.15, 0.2) is 11.5 Å². The molecule has 0 saturated heterocycles. The van der Waals surface area contributed by atoms with Gasteiger partial charge in [0.25, 0.3) is 0 Å².